The second-order valence-electron chi connectivity index (χ2n) is 6.03. The van der Waals surface area contributed by atoms with Gasteiger partial charge in [0.2, 0.25) is 0 Å². The van der Waals surface area contributed by atoms with Crippen LogP contribution in [0.5, 0.6) is 5.75 Å². The molecular formula is C21H21NO2S2. The number of rotatable bonds is 7. The van der Waals surface area contributed by atoms with Crippen LogP contribution in [0.3, 0.4) is 0 Å². The average molecular weight is 384 g/mol. The van der Waals surface area contributed by atoms with E-state index in [4.69, 9.17) is 17.0 Å². The molecule has 0 unspecified atom stereocenters. The van der Waals surface area contributed by atoms with E-state index in [9.17, 15) is 4.79 Å². The summed E-state index contributed by atoms with van der Waals surface area (Å²) in [6, 6.07) is 17.8. The van der Waals surface area contributed by atoms with Gasteiger partial charge < -0.3 is 4.74 Å². The fourth-order valence-electron chi connectivity index (χ4n) is 2.56. The zero-order chi connectivity index (χ0) is 18.4. The summed E-state index contributed by atoms with van der Waals surface area (Å²) >= 11 is 6.71. The van der Waals surface area contributed by atoms with Crippen molar-refractivity contribution in [1.29, 1.82) is 0 Å². The first kappa shape index (κ1) is 18.7. The van der Waals surface area contributed by atoms with Crippen LogP contribution < -0.4 is 4.74 Å². The maximum absolute atomic E-state index is 12.5. The molecular weight excluding hydrogens is 362 g/mol. The zero-order valence-electron chi connectivity index (χ0n) is 14.7. The summed E-state index contributed by atoms with van der Waals surface area (Å²) < 4.78 is 6.45. The predicted octanol–water partition coefficient (Wildman–Crippen LogP) is 5.27. The van der Waals surface area contributed by atoms with Gasteiger partial charge in [-0.1, -0.05) is 79.8 Å². The molecule has 0 N–H and O–H groups in total. The highest BCUT2D eigenvalue weighted by Gasteiger charge is 2.31. The third kappa shape index (κ3) is 4.74. The normalized spacial score (nSPS) is 15.7. The fraction of sp³-hybridized carbons (Fsp3) is 0.238. The van der Waals surface area contributed by atoms with Crippen molar-refractivity contribution < 1.29 is 9.53 Å². The lowest BCUT2D eigenvalue weighted by Gasteiger charge is -2.13. The first-order valence-electron chi connectivity index (χ1n) is 8.69. The van der Waals surface area contributed by atoms with Crippen LogP contribution in [-0.4, -0.2) is 21.7 Å². The molecule has 1 aliphatic heterocycles. The number of hydrogen-bond acceptors (Lipinski definition) is 4. The van der Waals surface area contributed by atoms with Crippen LogP contribution >= 0.6 is 24.0 Å². The number of carbonyl (C=O) groups is 1. The smallest absolute Gasteiger partial charge is 0.266 e. The lowest BCUT2D eigenvalue weighted by molar-refractivity contribution is -0.122. The number of carbonyl (C=O) groups excluding carboxylic acids is 1. The van der Waals surface area contributed by atoms with Crippen LogP contribution in [0.25, 0.3) is 6.08 Å². The van der Waals surface area contributed by atoms with Gasteiger partial charge in [0.25, 0.3) is 5.91 Å². The van der Waals surface area contributed by atoms with Gasteiger partial charge >= 0.3 is 0 Å². The van der Waals surface area contributed by atoms with Crippen molar-refractivity contribution in [3.8, 4) is 5.75 Å². The molecule has 2 aromatic carbocycles. The zero-order valence-corrected chi connectivity index (χ0v) is 16.3. The highest BCUT2D eigenvalue weighted by atomic mass is 32.2. The summed E-state index contributed by atoms with van der Waals surface area (Å²) in [7, 11) is 0. The third-order valence-corrected chi connectivity index (χ3v) is 5.41. The van der Waals surface area contributed by atoms with Crippen LogP contribution in [0.15, 0.2) is 59.5 Å². The molecule has 3 rings (SSSR count). The molecule has 1 aliphatic rings. The van der Waals surface area contributed by atoms with Gasteiger partial charge in [0.15, 0.2) is 0 Å². The van der Waals surface area contributed by atoms with E-state index in [2.05, 4.69) is 6.92 Å². The molecule has 26 heavy (non-hydrogen) atoms. The third-order valence-electron chi connectivity index (χ3n) is 4.04. The SMILES string of the molecule is CCCCN1C(=O)C(=Cc2ccc(OCc3ccccc3)cc2)SC1=S. The molecule has 0 spiro atoms. The molecule has 0 atom stereocenters. The van der Waals surface area contributed by atoms with E-state index in [1.165, 1.54) is 11.8 Å². The average Bonchev–Trinajstić information content (AvgIpc) is 2.93. The van der Waals surface area contributed by atoms with Gasteiger partial charge in [-0.2, -0.15) is 0 Å². The van der Waals surface area contributed by atoms with E-state index in [0.717, 1.165) is 29.7 Å². The number of benzene rings is 2. The summed E-state index contributed by atoms with van der Waals surface area (Å²) in [5.41, 5.74) is 2.10. The lowest BCUT2D eigenvalue weighted by atomic mass is 10.2. The molecule has 1 heterocycles. The minimum Gasteiger partial charge on any atom is -0.489 e. The molecule has 1 saturated heterocycles. The number of amides is 1. The number of thioether (sulfide) groups is 1. The van der Waals surface area contributed by atoms with Gasteiger partial charge in [-0.25, -0.2) is 0 Å². The Morgan fingerprint density at radius 3 is 2.54 bits per heavy atom. The van der Waals surface area contributed by atoms with Crippen molar-refractivity contribution in [3.05, 3.63) is 70.6 Å². The largest absolute Gasteiger partial charge is 0.489 e. The number of unbranched alkanes of at least 4 members (excludes halogenated alkanes) is 1. The first-order valence-corrected chi connectivity index (χ1v) is 9.92. The van der Waals surface area contributed by atoms with Crippen molar-refractivity contribution >= 4 is 40.3 Å². The fourth-order valence-corrected chi connectivity index (χ4v) is 3.87. The van der Waals surface area contributed by atoms with Crippen molar-refractivity contribution in [1.82, 2.24) is 4.90 Å². The molecule has 0 aromatic heterocycles. The Bertz CT molecular complexity index is 801. The van der Waals surface area contributed by atoms with E-state index in [1.54, 1.807) is 4.90 Å². The molecule has 0 radical (unpaired) electrons. The lowest BCUT2D eigenvalue weighted by Crippen LogP contribution is -2.28. The predicted molar refractivity (Wildman–Crippen MR) is 112 cm³/mol. The Kier molecular flexibility index (Phi) is 6.47. The quantitative estimate of drug-likeness (QED) is 0.481. The Morgan fingerprint density at radius 1 is 1.12 bits per heavy atom. The summed E-state index contributed by atoms with van der Waals surface area (Å²) in [5, 5.41) is 0. The van der Waals surface area contributed by atoms with Gasteiger partial charge in [0.05, 0.1) is 4.91 Å². The van der Waals surface area contributed by atoms with Crippen molar-refractivity contribution in [2.45, 2.75) is 26.4 Å². The number of hydrogen-bond donors (Lipinski definition) is 0. The molecule has 1 amide bonds. The van der Waals surface area contributed by atoms with Gasteiger partial charge in [-0.3, -0.25) is 9.69 Å². The van der Waals surface area contributed by atoms with Gasteiger partial charge in [0, 0.05) is 6.54 Å². The van der Waals surface area contributed by atoms with Crippen LogP contribution in [0.4, 0.5) is 0 Å². The maximum atomic E-state index is 12.5. The molecule has 0 bridgehead atoms. The molecule has 2 aromatic rings. The summed E-state index contributed by atoms with van der Waals surface area (Å²) in [6.45, 7) is 3.34. The van der Waals surface area contributed by atoms with Gasteiger partial charge in [-0.05, 0) is 35.8 Å². The molecule has 3 nitrogen and oxygen atoms in total. The Labute approximate surface area is 164 Å². The van der Waals surface area contributed by atoms with Crippen molar-refractivity contribution in [2.75, 3.05) is 6.54 Å². The van der Waals surface area contributed by atoms with Crippen LogP contribution in [0, 0.1) is 0 Å². The minimum atomic E-state index is 0.0119. The minimum absolute atomic E-state index is 0.0119. The first-order chi connectivity index (χ1) is 12.7. The number of ether oxygens (including phenoxy) is 1. The maximum Gasteiger partial charge on any atom is 0.266 e. The Balaban J connectivity index is 1.62. The van der Waals surface area contributed by atoms with Crippen molar-refractivity contribution in [3.63, 3.8) is 0 Å². The van der Waals surface area contributed by atoms with Crippen LogP contribution in [0.2, 0.25) is 0 Å². The summed E-state index contributed by atoms with van der Waals surface area (Å²) in [5.74, 6) is 0.819. The van der Waals surface area contributed by atoms with Gasteiger partial charge in [0.1, 0.15) is 16.7 Å². The monoisotopic (exact) mass is 383 g/mol. The second kappa shape index (κ2) is 9.01. The summed E-state index contributed by atoms with van der Waals surface area (Å²) in [4.78, 5) is 14.9. The number of nitrogens with zero attached hydrogens (tertiary/aromatic N) is 1. The van der Waals surface area contributed by atoms with E-state index in [0.29, 0.717) is 22.4 Å². The molecule has 0 saturated carbocycles. The number of thiocarbonyl (C=S) groups is 1. The summed E-state index contributed by atoms with van der Waals surface area (Å²) in [6.07, 6.45) is 3.90. The van der Waals surface area contributed by atoms with Crippen LogP contribution in [-0.2, 0) is 11.4 Å². The van der Waals surface area contributed by atoms with Crippen LogP contribution in [0.1, 0.15) is 30.9 Å². The highest BCUT2D eigenvalue weighted by Crippen LogP contribution is 2.32. The van der Waals surface area contributed by atoms with E-state index >= 15 is 0 Å². The Hall–Kier alpha value is -2.11. The topological polar surface area (TPSA) is 29.5 Å². The van der Waals surface area contributed by atoms with E-state index in [1.807, 2.05) is 60.7 Å². The molecule has 1 fully saturated rings. The second-order valence-corrected chi connectivity index (χ2v) is 7.71. The molecule has 134 valence electrons. The molecule has 0 aliphatic carbocycles. The standard InChI is InChI=1S/C21H21NO2S2/c1-2-3-13-22-20(23)19(26-21(22)25)14-16-9-11-18(12-10-16)24-15-17-7-5-4-6-8-17/h4-12,14H,2-3,13,15H2,1H3. The highest BCUT2D eigenvalue weighted by molar-refractivity contribution is 8.26. The van der Waals surface area contributed by atoms with E-state index in [-0.39, 0.29) is 5.91 Å². The van der Waals surface area contributed by atoms with Gasteiger partial charge in [-0.15, -0.1) is 0 Å². The molecule has 5 heteroatoms. The van der Waals surface area contributed by atoms with E-state index < -0.39 is 0 Å². The Morgan fingerprint density at radius 2 is 1.85 bits per heavy atom. The van der Waals surface area contributed by atoms with Crippen molar-refractivity contribution in [2.24, 2.45) is 0 Å².